The van der Waals surface area contributed by atoms with Crippen molar-refractivity contribution in [2.24, 2.45) is 0 Å². The van der Waals surface area contributed by atoms with Crippen LogP contribution >= 0.6 is 34.7 Å². The molecule has 26 heavy (non-hydrogen) atoms. The van der Waals surface area contributed by atoms with E-state index in [4.69, 9.17) is 11.6 Å². The van der Waals surface area contributed by atoms with Crippen LogP contribution in [0.25, 0.3) is 11.3 Å². The van der Waals surface area contributed by atoms with Crippen LogP contribution in [0.2, 0.25) is 5.02 Å². The molecule has 1 aromatic heterocycles. The van der Waals surface area contributed by atoms with E-state index in [1.807, 2.05) is 34.5 Å². The van der Waals surface area contributed by atoms with Gasteiger partial charge in [-0.05, 0) is 31.4 Å². The highest BCUT2D eigenvalue weighted by molar-refractivity contribution is 8.00. The fourth-order valence-corrected chi connectivity index (χ4v) is 4.28. The number of thiazole rings is 1. The molecular formula is C18H20ClN3O2S2. The smallest absolute Gasteiger partial charge is 0.236 e. The van der Waals surface area contributed by atoms with Crippen LogP contribution in [0.5, 0.6) is 0 Å². The number of likely N-dealkylation sites (tertiary alicyclic amines) is 1. The molecule has 3 rings (SSSR count). The Bertz CT molecular complexity index is 758. The summed E-state index contributed by atoms with van der Waals surface area (Å²) in [7, 11) is 0. The van der Waals surface area contributed by atoms with Crippen LogP contribution in [-0.4, -0.2) is 46.3 Å². The lowest BCUT2D eigenvalue weighted by atomic mass is 10.1. The zero-order valence-electron chi connectivity index (χ0n) is 14.2. The monoisotopic (exact) mass is 409 g/mol. The zero-order valence-corrected chi connectivity index (χ0v) is 16.6. The molecule has 1 saturated heterocycles. The number of thioether (sulfide) groups is 1. The van der Waals surface area contributed by atoms with Crippen LogP contribution < -0.4 is 5.32 Å². The van der Waals surface area contributed by atoms with Gasteiger partial charge in [0.2, 0.25) is 11.8 Å². The van der Waals surface area contributed by atoms with E-state index in [9.17, 15) is 9.59 Å². The van der Waals surface area contributed by atoms with Crippen LogP contribution in [0.1, 0.15) is 19.3 Å². The third-order valence-electron chi connectivity index (χ3n) is 4.06. The SMILES string of the molecule is O=C(CSCC(=O)N1CCCCC1)Nc1nc(-c2ccc(Cl)cc2)cs1. The topological polar surface area (TPSA) is 62.3 Å². The first-order valence-electron chi connectivity index (χ1n) is 8.48. The van der Waals surface area contributed by atoms with Crippen LogP contribution in [0, 0.1) is 0 Å². The van der Waals surface area contributed by atoms with Crippen LogP contribution in [0.15, 0.2) is 29.6 Å². The zero-order chi connectivity index (χ0) is 18.4. The van der Waals surface area contributed by atoms with Gasteiger partial charge in [-0.1, -0.05) is 23.7 Å². The molecule has 1 N–H and O–H groups in total. The second-order valence-electron chi connectivity index (χ2n) is 6.03. The number of rotatable bonds is 6. The summed E-state index contributed by atoms with van der Waals surface area (Å²) in [4.78, 5) is 30.5. The Balaban J connectivity index is 1.43. The van der Waals surface area contributed by atoms with Crippen molar-refractivity contribution in [1.82, 2.24) is 9.88 Å². The van der Waals surface area contributed by atoms with Crippen molar-refractivity contribution in [3.63, 3.8) is 0 Å². The normalized spacial score (nSPS) is 14.3. The molecule has 0 aliphatic carbocycles. The second-order valence-corrected chi connectivity index (χ2v) is 8.31. The van der Waals surface area contributed by atoms with Gasteiger partial charge in [-0.15, -0.1) is 23.1 Å². The predicted molar refractivity (Wildman–Crippen MR) is 109 cm³/mol. The lowest BCUT2D eigenvalue weighted by Crippen LogP contribution is -2.37. The number of nitrogens with one attached hydrogen (secondary N) is 1. The highest BCUT2D eigenvalue weighted by Crippen LogP contribution is 2.26. The van der Waals surface area contributed by atoms with E-state index in [1.165, 1.54) is 29.5 Å². The molecule has 8 heteroatoms. The molecule has 2 heterocycles. The minimum Gasteiger partial charge on any atom is -0.342 e. The maximum absolute atomic E-state index is 12.1. The van der Waals surface area contributed by atoms with E-state index in [-0.39, 0.29) is 17.6 Å². The third-order valence-corrected chi connectivity index (χ3v) is 5.99. The number of hydrogen-bond acceptors (Lipinski definition) is 5. The van der Waals surface area contributed by atoms with Crippen molar-refractivity contribution in [1.29, 1.82) is 0 Å². The summed E-state index contributed by atoms with van der Waals surface area (Å²) >= 11 is 8.61. The van der Waals surface area contributed by atoms with Gasteiger partial charge in [0.05, 0.1) is 17.2 Å². The van der Waals surface area contributed by atoms with Crippen molar-refractivity contribution in [3.05, 3.63) is 34.7 Å². The van der Waals surface area contributed by atoms with Crippen molar-refractivity contribution in [2.75, 3.05) is 29.9 Å². The van der Waals surface area contributed by atoms with Gasteiger partial charge in [0.25, 0.3) is 0 Å². The fraction of sp³-hybridized carbons (Fsp3) is 0.389. The maximum Gasteiger partial charge on any atom is 0.236 e. The first-order chi connectivity index (χ1) is 12.6. The number of piperidine rings is 1. The molecule has 0 radical (unpaired) electrons. The molecule has 0 atom stereocenters. The maximum atomic E-state index is 12.1. The summed E-state index contributed by atoms with van der Waals surface area (Å²) in [6, 6.07) is 7.41. The summed E-state index contributed by atoms with van der Waals surface area (Å²) in [5, 5.41) is 5.92. The fourth-order valence-electron chi connectivity index (χ4n) is 2.71. The van der Waals surface area contributed by atoms with Gasteiger partial charge in [-0.25, -0.2) is 4.98 Å². The highest BCUT2D eigenvalue weighted by atomic mass is 35.5. The summed E-state index contributed by atoms with van der Waals surface area (Å²) in [6.07, 6.45) is 3.36. The van der Waals surface area contributed by atoms with Gasteiger partial charge in [0.15, 0.2) is 5.13 Å². The number of carbonyl (C=O) groups is 2. The van der Waals surface area contributed by atoms with Crippen molar-refractivity contribution in [3.8, 4) is 11.3 Å². The van der Waals surface area contributed by atoms with E-state index in [0.717, 1.165) is 37.2 Å². The number of carbonyl (C=O) groups excluding carboxylic acids is 2. The minimum atomic E-state index is -0.140. The van der Waals surface area contributed by atoms with Crippen LogP contribution in [0.4, 0.5) is 5.13 Å². The Morgan fingerprint density at radius 1 is 1.15 bits per heavy atom. The number of aromatic nitrogens is 1. The van der Waals surface area contributed by atoms with Crippen LogP contribution in [0.3, 0.4) is 0 Å². The lowest BCUT2D eigenvalue weighted by Gasteiger charge is -2.26. The van der Waals surface area contributed by atoms with E-state index in [0.29, 0.717) is 15.9 Å². The number of anilines is 1. The van der Waals surface area contributed by atoms with E-state index < -0.39 is 0 Å². The summed E-state index contributed by atoms with van der Waals surface area (Å²) in [5.41, 5.74) is 1.75. The largest absolute Gasteiger partial charge is 0.342 e. The summed E-state index contributed by atoms with van der Waals surface area (Å²) in [6.45, 7) is 1.69. The standard InChI is InChI=1S/C18H20ClN3O2S2/c19-14-6-4-13(5-7-14)15-10-26-18(20-15)21-16(23)11-25-12-17(24)22-8-2-1-3-9-22/h4-7,10H,1-3,8-9,11-12H2,(H,20,21,23). The number of nitrogens with zero attached hydrogens (tertiary/aromatic N) is 2. The number of benzene rings is 1. The Hall–Kier alpha value is -1.57. The quantitative estimate of drug-likeness (QED) is 0.778. The Morgan fingerprint density at radius 2 is 1.88 bits per heavy atom. The van der Waals surface area contributed by atoms with E-state index >= 15 is 0 Å². The number of amides is 2. The van der Waals surface area contributed by atoms with Crippen molar-refractivity contribution < 1.29 is 9.59 Å². The Kier molecular flexibility index (Phi) is 6.93. The molecule has 1 aliphatic rings. The molecule has 0 saturated carbocycles. The average molecular weight is 410 g/mol. The molecule has 2 amide bonds. The summed E-state index contributed by atoms with van der Waals surface area (Å²) < 4.78 is 0. The highest BCUT2D eigenvalue weighted by Gasteiger charge is 2.17. The van der Waals surface area contributed by atoms with Gasteiger partial charge in [-0.3, -0.25) is 9.59 Å². The molecule has 2 aromatic rings. The first-order valence-corrected chi connectivity index (χ1v) is 10.9. The molecule has 0 spiro atoms. The van der Waals surface area contributed by atoms with Crippen molar-refractivity contribution >= 4 is 51.6 Å². The molecule has 0 unspecified atom stereocenters. The molecular weight excluding hydrogens is 390 g/mol. The number of halogens is 1. The molecule has 1 fully saturated rings. The molecule has 5 nitrogen and oxygen atoms in total. The molecule has 0 bridgehead atoms. The van der Waals surface area contributed by atoms with Gasteiger partial charge < -0.3 is 10.2 Å². The lowest BCUT2D eigenvalue weighted by molar-refractivity contribution is -0.129. The number of hydrogen-bond donors (Lipinski definition) is 1. The van der Waals surface area contributed by atoms with Crippen molar-refractivity contribution in [2.45, 2.75) is 19.3 Å². The second kappa shape index (κ2) is 9.39. The predicted octanol–water partition coefficient (Wildman–Crippen LogP) is 4.15. The van der Waals surface area contributed by atoms with E-state index in [1.54, 1.807) is 0 Å². The molecule has 1 aromatic carbocycles. The average Bonchev–Trinajstić information content (AvgIpc) is 3.11. The van der Waals surface area contributed by atoms with E-state index in [2.05, 4.69) is 10.3 Å². The molecule has 1 aliphatic heterocycles. The van der Waals surface area contributed by atoms with Crippen LogP contribution in [-0.2, 0) is 9.59 Å². The van der Waals surface area contributed by atoms with Gasteiger partial charge in [-0.2, -0.15) is 0 Å². The Labute approximate surface area is 166 Å². The first kappa shape index (κ1) is 19.2. The Morgan fingerprint density at radius 3 is 2.62 bits per heavy atom. The summed E-state index contributed by atoms with van der Waals surface area (Å²) in [5.74, 6) is 0.580. The van der Waals surface area contributed by atoms with Gasteiger partial charge in [0, 0.05) is 29.1 Å². The third kappa shape index (κ3) is 5.46. The van der Waals surface area contributed by atoms with Gasteiger partial charge >= 0.3 is 0 Å². The van der Waals surface area contributed by atoms with Gasteiger partial charge in [0.1, 0.15) is 0 Å². The molecule has 138 valence electrons. The minimum absolute atomic E-state index is 0.127.